The van der Waals surface area contributed by atoms with Crippen LogP contribution in [0.25, 0.3) is 0 Å². The van der Waals surface area contributed by atoms with Gasteiger partial charge in [-0.1, -0.05) is 0 Å². The first kappa shape index (κ1) is 12.5. The molecular weight excluding hydrogens is 192 g/mol. The fraction of sp³-hybridized carbons (Fsp3) is 0.909. The Balaban J connectivity index is 2.16. The van der Waals surface area contributed by atoms with Crippen molar-refractivity contribution in [1.29, 1.82) is 0 Å². The van der Waals surface area contributed by atoms with Crippen LogP contribution in [-0.2, 0) is 9.53 Å². The number of hydrogen-bond donors (Lipinski definition) is 2. The van der Waals surface area contributed by atoms with E-state index in [1.54, 1.807) is 0 Å². The fourth-order valence-corrected chi connectivity index (χ4v) is 1.53. The van der Waals surface area contributed by atoms with E-state index in [1.165, 1.54) is 0 Å². The molecule has 4 heteroatoms. The lowest BCUT2D eigenvalue weighted by molar-refractivity contribution is -0.128. The molecule has 0 saturated carbocycles. The van der Waals surface area contributed by atoms with E-state index in [-0.39, 0.29) is 5.91 Å². The van der Waals surface area contributed by atoms with Gasteiger partial charge in [-0.2, -0.15) is 0 Å². The Hall–Kier alpha value is -0.610. The summed E-state index contributed by atoms with van der Waals surface area (Å²) in [5.41, 5.74) is 5.07. The van der Waals surface area contributed by atoms with Gasteiger partial charge in [0.05, 0.1) is 5.41 Å². The van der Waals surface area contributed by atoms with Gasteiger partial charge in [0.2, 0.25) is 5.91 Å². The lowest BCUT2D eigenvalue weighted by Crippen LogP contribution is -2.42. The maximum absolute atomic E-state index is 11.6. The minimum Gasteiger partial charge on any atom is -0.381 e. The van der Waals surface area contributed by atoms with Crippen LogP contribution in [0.4, 0.5) is 0 Å². The van der Waals surface area contributed by atoms with Crippen LogP contribution < -0.4 is 11.1 Å². The molecule has 1 aliphatic heterocycles. The molecule has 0 aromatic rings. The highest BCUT2D eigenvalue weighted by Gasteiger charge is 2.25. The summed E-state index contributed by atoms with van der Waals surface area (Å²) in [5, 5.41) is 2.93. The zero-order chi connectivity index (χ0) is 11.3. The minimum absolute atomic E-state index is 0.0453. The quantitative estimate of drug-likeness (QED) is 0.701. The molecule has 1 amide bonds. The molecule has 0 aromatic carbocycles. The highest BCUT2D eigenvalue weighted by molar-refractivity contribution is 5.81. The molecule has 0 aromatic heterocycles. The third-order valence-electron chi connectivity index (χ3n) is 2.99. The first-order valence-corrected chi connectivity index (χ1v) is 5.62. The van der Waals surface area contributed by atoms with Gasteiger partial charge in [-0.3, -0.25) is 4.79 Å². The van der Waals surface area contributed by atoms with Crippen molar-refractivity contribution >= 4 is 5.91 Å². The molecule has 88 valence electrons. The Morgan fingerprint density at radius 2 is 2.33 bits per heavy atom. The molecule has 1 aliphatic rings. The Labute approximate surface area is 91.5 Å². The van der Waals surface area contributed by atoms with E-state index in [2.05, 4.69) is 5.32 Å². The molecule has 1 heterocycles. The number of rotatable bonds is 5. The minimum atomic E-state index is -0.452. The van der Waals surface area contributed by atoms with Crippen LogP contribution in [-0.4, -0.2) is 32.2 Å². The van der Waals surface area contributed by atoms with Crippen LogP contribution in [0.5, 0.6) is 0 Å². The Morgan fingerprint density at radius 3 is 2.87 bits per heavy atom. The largest absolute Gasteiger partial charge is 0.381 e. The number of amides is 1. The zero-order valence-corrected chi connectivity index (χ0v) is 9.71. The van der Waals surface area contributed by atoms with E-state index >= 15 is 0 Å². The summed E-state index contributed by atoms with van der Waals surface area (Å²) in [6.07, 6.45) is 2.13. The number of carbonyl (C=O) groups excluding carboxylic acids is 1. The fourth-order valence-electron chi connectivity index (χ4n) is 1.53. The number of carbonyl (C=O) groups is 1. The molecule has 0 aliphatic carbocycles. The van der Waals surface area contributed by atoms with Crippen molar-refractivity contribution in [3.63, 3.8) is 0 Å². The lowest BCUT2D eigenvalue weighted by atomic mass is 9.92. The van der Waals surface area contributed by atoms with Crippen molar-refractivity contribution < 1.29 is 9.53 Å². The molecule has 1 saturated heterocycles. The predicted octanol–water partition coefficient (Wildman–Crippen LogP) is 0.514. The van der Waals surface area contributed by atoms with Crippen LogP contribution in [0.15, 0.2) is 0 Å². The van der Waals surface area contributed by atoms with E-state index in [4.69, 9.17) is 10.5 Å². The number of nitrogens with two attached hydrogens (primary N) is 1. The van der Waals surface area contributed by atoms with Gasteiger partial charge in [0.1, 0.15) is 0 Å². The predicted molar refractivity (Wildman–Crippen MR) is 59.4 cm³/mol. The topological polar surface area (TPSA) is 64.4 Å². The molecule has 4 nitrogen and oxygen atoms in total. The second-order valence-corrected chi connectivity index (χ2v) is 4.86. The van der Waals surface area contributed by atoms with Crippen molar-refractivity contribution in [3.05, 3.63) is 0 Å². The normalized spacial score (nSPS) is 21.7. The molecule has 0 bridgehead atoms. The summed E-state index contributed by atoms with van der Waals surface area (Å²) in [6, 6.07) is 0. The van der Waals surface area contributed by atoms with E-state index in [0.717, 1.165) is 32.6 Å². The Morgan fingerprint density at radius 1 is 1.60 bits per heavy atom. The van der Waals surface area contributed by atoms with Gasteiger partial charge >= 0.3 is 0 Å². The summed E-state index contributed by atoms with van der Waals surface area (Å²) in [5.74, 6) is 0.662. The van der Waals surface area contributed by atoms with Crippen molar-refractivity contribution in [2.45, 2.75) is 26.7 Å². The average Bonchev–Trinajstić information content (AvgIpc) is 2.70. The number of nitrogens with one attached hydrogen (secondary N) is 1. The van der Waals surface area contributed by atoms with E-state index < -0.39 is 5.41 Å². The molecule has 1 fully saturated rings. The van der Waals surface area contributed by atoms with Crippen LogP contribution in [0.2, 0.25) is 0 Å². The molecule has 3 N–H and O–H groups in total. The SMILES string of the molecule is CC(C)(CN)C(=O)NCCC1CCOC1. The summed E-state index contributed by atoms with van der Waals surface area (Å²) >= 11 is 0. The average molecular weight is 214 g/mol. The van der Waals surface area contributed by atoms with Gasteiger partial charge < -0.3 is 15.8 Å². The molecular formula is C11H22N2O2. The van der Waals surface area contributed by atoms with E-state index in [9.17, 15) is 4.79 Å². The van der Waals surface area contributed by atoms with Gasteiger partial charge in [0.25, 0.3) is 0 Å². The highest BCUT2D eigenvalue weighted by atomic mass is 16.5. The van der Waals surface area contributed by atoms with Crippen LogP contribution in [0.3, 0.4) is 0 Å². The smallest absolute Gasteiger partial charge is 0.226 e. The second-order valence-electron chi connectivity index (χ2n) is 4.86. The van der Waals surface area contributed by atoms with Crippen LogP contribution in [0, 0.1) is 11.3 Å². The zero-order valence-electron chi connectivity index (χ0n) is 9.71. The Kier molecular flexibility index (Phi) is 4.54. The maximum Gasteiger partial charge on any atom is 0.226 e. The van der Waals surface area contributed by atoms with Crippen LogP contribution in [0.1, 0.15) is 26.7 Å². The first-order chi connectivity index (χ1) is 7.06. The molecule has 1 rings (SSSR count). The van der Waals surface area contributed by atoms with Crippen molar-refractivity contribution in [3.8, 4) is 0 Å². The summed E-state index contributed by atoms with van der Waals surface area (Å²) < 4.78 is 5.27. The van der Waals surface area contributed by atoms with Crippen molar-refractivity contribution in [1.82, 2.24) is 5.32 Å². The van der Waals surface area contributed by atoms with Crippen molar-refractivity contribution in [2.24, 2.45) is 17.1 Å². The van der Waals surface area contributed by atoms with Gasteiger partial charge in [-0.15, -0.1) is 0 Å². The van der Waals surface area contributed by atoms with Gasteiger partial charge in [-0.05, 0) is 32.6 Å². The van der Waals surface area contributed by atoms with E-state index in [0.29, 0.717) is 12.5 Å². The third-order valence-corrected chi connectivity index (χ3v) is 2.99. The van der Waals surface area contributed by atoms with Gasteiger partial charge in [0.15, 0.2) is 0 Å². The van der Waals surface area contributed by atoms with Crippen LogP contribution >= 0.6 is 0 Å². The summed E-state index contributed by atoms with van der Waals surface area (Å²) in [6.45, 7) is 6.55. The number of ether oxygens (including phenoxy) is 1. The summed E-state index contributed by atoms with van der Waals surface area (Å²) in [4.78, 5) is 11.6. The highest BCUT2D eigenvalue weighted by Crippen LogP contribution is 2.16. The lowest BCUT2D eigenvalue weighted by Gasteiger charge is -2.21. The third kappa shape index (κ3) is 3.80. The molecule has 0 spiro atoms. The molecule has 1 unspecified atom stereocenters. The van der Waals surface area contributed by atoms with Gasteiger partial charge in [0, 0.05) is 26.3 Å². The molecule has 0 radical (unpaired) electrons. The Bertz CT molecular complexity index is 211. The monoisotopic (exact) mass is 214 g/mol. The summed E-state index contributed by atoms with van der Waals surface area (Å²) in [7, 11) is 0. The maximum atomic E-state index is 11.6. The van der Waals surface area contributed by atoms with Gasteiger partial charge in [-0.25, -0.2) is 0 Å². The molecule has 15 heavy (non-hydrogen) atoms. The van der Waals surface area contributed by atoms with E-state index in [1.807, 2.05) is 13.8 Å². The number of hydrogen-bond acceptors (Lipinski definition) is 3. The first-order valence-electron chi connectivity index (χ1n) is 5.62. The molecule has 1 atom stereocenters. The standard InChI is InChI=1S/C11H22N2O2/c1-11(2,8-12)10(14)13-5-3-9-4-6-15-7-9/h9H,3-8,12H2,1-2H3,(H,13,14). The second kappa shape index (κ2) is 5.47. The van der Waals surface area contributed by atoms with Crippen molar-refractivity contribution in [2.75, 3.05) is 26.3 Å².